The quantitative estimate of drug-likeness (QED) is 0.0243. The van der Waals surface area contributed by atoms with E-state index >= 15 is 0 Å². The van der Waals surface area contributed by atoms with E-state index in [0.29, 0.717) is 17.4 Å². The summed E-state index contributed by atoms with van der Waals surface area (Å²) in [6.07, 6.45) is 52.7. The second kappa shape index (κ2) is 43.2. The van der Waals surface area contributed by atoms with E-state index in [4.69, 9.17) is 9.05 Å². The van der Waals surface area contributed by atoms with Crippen LogP contribution in [0.4, 0.5) is 0 Å². The summed E-state index contributed by atoms with van der Waals surface area (Å²) in [5.41, 5.74) is 0. The third-order valence-electron chi connectivity index (χ3n) is 11.7. The number of phosphoric acid groups is 1. The Morgan fingerprint density at radius 1 is 0.550 bits per heavy atom. The van der Waals surface area contributed by atoms with Gasteiger partial charge in [0.1, 0.15) is 13.2 Å². The zero-order valence-corrected chi connectivity index (χ0v) is 41.4. The van der Waals surface area contributed by atoms with Crippen LogP contribution in [0.1, 0.15) is 245 Å². The predicted molar refractivity (Wildman–Crippen MR) is 258 cm³/mol. The van der Waals surface area contributed by atoms with E-state index in [9.17, 15) is 19.4 Å². The Morgan fingerprint density at radius 3 is 1.33 bits per heavy atom. The molecule has 8 nitrogen and oxygen atoms in total. The summed E-state index contributed by atoms with van der Waals surface area (Å²) in [5, 5.41) is 13.8. The molecule has 0 aliphatic carbocycles. The second-order valence-electron chi connectivity index (χ2n) is 18.9. The fraction of sp³-hybridized carbons (Fsp3) is 0.902. The van der Waals surface area contributed by atoms with E-state index < -0.39 is 20.0 Å². The summed E-state index contributed by atoms with van der Waals surface area (Å²) in [5.74, 6) is -0.183. The molecule has 0 saturated carbocycles. The maximum Gasteiger partial charge on any atom is 0.472 e. The van der Waals surface area contributed by atoms with Crippen LogP contribution in [-0.2, 0) is 18.4 Å². The molecule has 0 rings (SSSR count). The van der Waals surface area contributed by atoms with Crippen LogP contribution in [0.15, 0.2) is 24.3 Å². The standard InChI is InChI=1S/C51H101N2O6P/c1-6-8-10-12-14-16-18-20-21-22-23-24-25-26-27-28-29-30-31-33-35-37-39-41-43-45-51(55)52-49(48-59-60(56,57)58-47-46-53(3,4)5)50(54)44-42-40-38-36-34-32-19-17-15-13-11-9-7-2/h34,36,42,44,49-50,54H,6-33,35,37-41,43,45-48H2,1-5H3,(H-,52,55,56,57)/p+1/b36-34+,44-42+. The van der Waals surface area contributed by atoms with Crippen LogP contribution in [0.5, 0.6) is 0 Å². The van der Waals surface area contributed by atoms with Gasteiger partial charge in [0.2, 0.25) is 5.91 Å². The van der Waals surface area contributed by atoms with Crippen molar-refractivity contribution in [2.45, 2.75) is 257 Å². The van der Waals surface area contributed by atoms with Gasteiger partial charge >= 0.3 is 7.82 Å². The van der Waals surface area contributed by atoms with Crippen molar-refractivity contribution in [3.63, 3.8) is 0 Å². The Bertz CT molecular complexity index is 1030. The van der Waals surface area contributed by atoms with Gasteiger partial charge in [0.25, 0.3) is 0 Å². The summed E-state index contributed by atoms with van der Waals surface area (Å²) >= 11 is 0. The number of aliphatic hydroxyl groups excluding tert-OH is 1. The van der Waals surface area contributed by atoms with Crippen molar-refractivity contribution >= 4 is 13.7 Å². The lowest BCUT2D eigenvalue weighted by atomic mass is 10.0. The number of likely N-dealkylation sites (N-methyl/N-ethyl adjacent to an activating group) is 1. The molecule has 3 unspecified atom stereocenters. The maximum atomic E-state index is 12.9. The monoisotopic (exact) mass is 870 g/mol. The topological polar surface area (TPSA) is 105 Å². The average molecular weight is 870 g/mol. The minimum absolute atomic E-state index is 0.0584. The van der Waals surface area contributed by atoms with Crippen LogP contribution >= 0.6 is 7.82 Å². The van der Waals surface area contributed by atoms with Gasteiger partial charge in [-0.25, -0.2) is 4.57 Å². The number of hydrogen-bond donors (Lipinski definition) is 3. The van der Waals surface area contributed by atoms with Crippen molar-refractivity contribution in [3.05, 3.63) is 24.3 Å². The number of allylic oxidation sites excluding steroid dienone is 3. The zero-order valence-electron chi connectivity index (χ0n) is 40.5. The molecular formula is C51H102N2O6P+. The van der Waals surface area contributed by atoms with Crippen molar-refractivity contribution in [2.24, 2.45) is 0 Å². The van der Waals surface area contributed by atoms with E-state index in [0.717, 1.165) is 38.5 Å². The van der Waals surface area contributed by atoms with Gasteiger partial charge in [0.15, 0.2) is 0 Å². The van der Waals surface area contributed by atoms with E-state index in [-0.39, 0.29) is 19.1 Å². The van der Waals surface area contributed by atoms with Crippen molar-refractivity contribution < 1.29 is 32.9 Å². The largest absolute Gasteiger partial charge is 0.472 e. The lowest BCUT2D eigenvalue weighted by Gasteiger charge is -2.25. The molecule has 60 heavy (non-hydrogen) atoms. The van der Waals surface area contributed by atoms with Crippen LogP contribution in [0.3, 0.4) is 0 Å². The van der Waals surface area contributed by atoms with E-state index in [2.05, 4.69) is 31.3 Å². The maximum absolute atomic E-state index is 12.9. The van der Waals surface area contributed by atoms with Gasteiger partial charge in [0, 0.05) is 6.42 Å². The zero-order chi connectivity index (χ0) is 44.3. The summed E-state index contributed by atoms with van der Waals surface area (Å²) in [6.45, 7) is 4.81. The number of carbonyl (C=O) groups excluding carboxylic acids is 1. The fourth-order valence-corrected chi connectivity index (χ4v) is 8.32. The number of nitrogens with one attached hydrogen (secondary N) is 1. The van der Waals surface area contributed by atoms with Gasteiger partial charge < -0.3 is 19.8 Å². The summed E-state index contributed by atoms with van der Waals surface area (Å²) in [6, 6.07) is -0.858. The van der Waals surface area contributed by atoms with Gasteiger partial charge in [-0.05, 0) is 32.1 Å². The summed E-state index contributed by atoms with van der Waals surface area (Å²) in [4.78, 5) is 23.2. The predicted octanol–water partition coefficient (Wildman–Crippen LogP) is 14.9. The second-order valence-corrected chi connectivity index (χ2v) is 20.4. The molecule has 0 radical (unpaired) electrons. The van der Waals surface area contributed by atoms with Gasteiger partial charge in [-0.1, -0.05) is 231 Å². The normalized spacial score (nSPS) is 14.3. The number of nitrogens with zero attached hydrogens (tertiary/aromatic N) is 1. The third kappa shape index (κ3) is 45.0. The number of carbonyl (C=O) groups is 1. The van der Waals surface area contributed by atoms with E-state index in [1.165, 1.54) is 186 Å². The Hall–Kier alpha value is -1.02. The van der Waals surface area contributed by atoms with Crippen molar-refractivity contribution in [1.82, 2.24) is 5.32 Å². The number of amides is 1. The number of unbranched alkanes of at least 4 members (excludes halogenated alkanes) is 32. The number of quaternary nitrogens is 1. The van der Waals surface area contributed by atoms with Crippen LogP contribution in [0, 0.1) is 0 Å². The Balaban J connectivity index is 4.18. The highest BCUT2D eigenvalue weighted by Gasteiger charge is 2.27. The third-order valence-corrected chi connectivity index (χ3v) is 12.7. The van der Waals surface area contributed by atoms with Crippen molar-refractivity contribution in [2.75, 3.05) is 40.9 Å². The van der Waals surface area contributed by atoms with E-state index in [1.54, 1.807) is 6.08 Å². The van der Waals surface area contributed by atoms with Gasteiger partial charge in [-0.2, -0.15) is 0 Å². The number of hydrogen-bond acceptors (Lipinski definition) is 5. The number of rotatable bonds is 47. The number of aliphatic hydroxyl groups is 1. The smallest absolute Gasteiger partial charge is 0.387 e. The molecule has 356 valence electrons. The summed E-state index contributed by atoms with van der Waals surface area (Å²) in [7, 11) is 1.56. The molecule has 0 spiro atoms. The fourth-order valence-electron chi connectivity index (χ4n) is 7.59. The Kier molecular flexibility index (Phi) is 42.5. The first-order valence-corrected chi connectivity index (χ1v) is 27.2. The average Bonchev–Trinajstić information content (AvgIpc) is 3.20. The minimum Gasteiger partial charge on any atom is -0.387 e. The van der Waals surface area contributed by atoms with Crippen LogP contribution in [0.2, 0.25) is 0 Å². The van der Waals surface area contributed by atoms with E-state index in [1.807, 2.05) is 27.2 Å². The molecule has 0 heterocycles. The van der Waals surface area contributed by atoms with Crippen LogP contribution in [0.25, 0.3) is 0 Å². The first-order valence-electron chi connectivity index (χ1n) is 25.7. The molecule has 0 aromatic rings. The molecule has 9 heteroatoms. The molecule has 3 atom stereocenters. The van der Waals surface area contributed by atoms with Crippen molar-refractivity contribution in [3.8, 4) is 0 Å². The van der Waals surface area contributed by atoms with Gasteiger partial charge in [0.05, 0.1) is 39.9 Å². The highest BCUT2D eigenvalue weighted by atomic mass is 31.2. The highest BCUT2D eigenvalue weighted by molar-refractivity contribution is 7.47. The molecule has 3 N–H and O–H groups in total. The van der Waals surface area contributed by atoms with Crippen LogP contribution < -0.4 is 5.32 Å². The SMILES string of the molecule is CCCCCCCCC/C=C/CC/C=C/C(O)C(COP(=O)(O)OCC[N+](C)(C)C)NC(=O)CCCCCCCCCCCCCCCCCCCCCCCCCCC. The first kappa shape index (κ1) is 59.0. The van der Waals surface area contributed by atoms with Gasteiger partial charge in [-0.15, -0.1) is 0 Å². The van der Waals surface area contributed by atoms with Crippen molar-refractivity contribution in [1.29, 1.82) is 0 Å². The molecule has 0 aliphatic rings. The molecular weight excluding hydrogens is 768 g/mol. The molecule has 1 amide bonds. The Labute approximate surface area is 373 Å². The molecule has 0 saturated heterocycles. The molecule has 0 aromatic heterocycles. The highest BCUT2D eigenvalue weighted by Crippen LogP contribution is 2.43. The van der Waals surface area contributed by atoms with Crippen LogP contribution in [-0.4, -0.2) is 73.4 Å². The lowest BCUT2D eigenvalue weighted by molar-refractivity contribution is -0.870. The van der Waals surface area contributed by atoms with Gasteiger partial charge in [-0.3, -0.25) is 13.8 Å². The molecule has 0 aromatic carbocycles. The molecule has 0 bridgehead atoms. The lowest BCUT2D eigenvalue weighted by Crippen LogP contribution is -2.45. The molecule has 0 aliphatic heterocycles. The molecule has 0 fully saturated rings. The first-order chi connectivity index (χ1) is 29.0. The Morgan fingerprint density at radius 2 is 0.917 bits per heavy atom. The minimum atomic E-state index is -4.34. The summed E-state index contributed by atoms with van der Waals surface area (Å²) < 4.78 is 23.6. The number of phosphoric ester groups is 1.